The SMILES string of the molecule is COc1ccc2ccnc(NCC3CCCC3CO)c2c1. The molecule has 1 aromatic carbocycles. The maximum Gasteiger partial charge on any atom is 0.133 e. The van der Waals surface area contributed by atoms with Crippen LogP contribution in [0.2, 0.25) is 0 Å². The van der Waals surface area contributed by atoms with Crippen LogP contribution in [0.25, 0.3) is 10.8 Å². The average molecular weight is 286 g/mol. The third-order valence-electron chi connectivity index (χ3n) is 4.56. The zero-order chi connectivity index (χ0) is 14.7. The van der Waals surface area contributed by atoms with Crippen molar-refractivity contribution in [1.29, 1.82) is 0 Å². The Labute approximate surface area is 125 Å². The number of methoxy groups -OCH3 is 1. The van der Waals surface area contributed by atoms with E-state index in [1.165, 1.54) is 12.8 Å². The number of fused-ring (bicyclic) bond motifs is 1. The molecule has 1 aliphatic rings. The Hall–Kier alpha value is -1.81. The molecule has 0 spiro atoms. The lowest BCUT2D eigenvalue weighted by molar-refractivity contribution is 0.199. The first kappa shape index (κ1) is 14.1. The molecular weight excluding hydrogens is 264 g/mol. The summed E-state index contributed by atoms with van der Waals surface area (Å²) in [6.07, 6.45) is 5.37. The van der Waals surface area contributed by atoms with Gasteiger partial charge in [-0.15, -0.1) is 0 Å². The lowest BCUT2D eigenvalue weighted by Gasteiger charge is -2.18. The van der Waals surface area contributed by atoms with Crippen molar-refractivity contribution in [3.63, 3.8) is 0 Å². The van der Waals surface area contributed by atoms with Gasteiger partial charge in [0.25, 0.3) is 0 Å². The number of ether oxygens (including phenoxy) is 1. The Bertz CT molecular complexity index is 615. The Morgan fingerprint density at radius 2 is 2.14 bits per heavy atom. The third-order valence-corrected chi connectivity index (χ3v) is 4.56. The zero-order valence-corrected chi connectivity index (χ0v) is 12.4. The summed E-state index contributed by atoms with van der Waals surface area (Å²) in [6.45, 7) is 1.16. The van der Waals surface area contributed by atoms with E-state index in [0.717, 1.165) is 35.3 Å². The quantitative estimate of drug-likeness (QED) is 0.887. The minimum Gasteiger partial charge on any atom is -0.497 e. The number of rotatable bonds is 5. The lowest BCUT2D eigenvalue weighted by atomic mass is 9.97. The van der Waals surface area contributed by atoms with Gasteiger partial charge in [-0.25, -0.2) is 4.98 Å². The second-order valence-corrected chi connectivity index (χ2v) is 5.76. The molecule has 2 aromatic rings. The molecule has 4 nitrogen and oxygen atoms in total. The van der Waals surface area contributed by atoms with Crippen molar-refractivity contribution >= 4 is 16.6 Å². The molecule has 0 bridgehead atoms. The maximum absolute atomic E-state index is 9.41. The summed E-state index contributed by atoms with van der Waals surface area (Å²) in [7, 11) is 1.68. The van der Waals surface area contributed by atoms with E-state index in [2.05, 4.69) is 10.3 Å². The number of pyridine rings is 1. The van der Waals surface area contributed by atoms with Gasteiger partial charge in [0, 0.05) is 24.7 Å². The Balaban J connectivity index is 1.80. The van der Waals surface area contributed by atoms with E-state index in [0.29, 0.717) is 18.4 Å². The first-order chi connectivity index (χ1) is 10.3. The molecule has 1 aromatic heterocycles. The number of aliphatic hydroxyl groups excluding tert-OH is 1. The Morgan fingerprint density at radius 1 is 1.29 bits per heavy atom. The molecule has 112 valence electrons. The van der Waals surface area contributed by atoms with Crippen LogP contribution in [0.3, 0.4) is 0 Å². The highest BCUT2D eigenvalue weighted by Crippen LogP contribution is 2.32. The minimum absolute atomic E-state index is 0.295. The number of hydrogen-bond acceptors (Lipinski definition) is 4. The van der Waals surface area contributed by atoms with Crippen LogP contribution in [-0.4, -0.2) is 30.4 Å². The van der Waals surface area contributed by atoms with Crippen molar-refractivity contribution < 1.29 is 9.84 Å². The molecule has 0 aliphatic heterocycles. The highest BCUT2D eigenvalue weighted by atomic mass is 16.5. The summed E-state index contributed by atoms with van der Waals surface area (Å²) in [5.41, 5.74) is 0. The van der Waals surface area contributed by atoms with Crippen LogP contribution in [0.4, 0.5) is 5.82 Å². The molecule has 4 heteroatoms. The van der Waals surface area contributed by atoms with Gasteiger partial charge in [-0.1, -0.05) is 12.5 Å². The van der Waals surface area contributed by atoms with Crippen molar-refractivity contribution in [1.82, 2.24) is 4.98 Å². The second kappa shape index (κ2) is 6.31. The molecule has 0 saturated heterocycles. The second-order valence-electron chi connectivity index (χ2n) is 5.76. The van der Waals surface area contributed by atoms with Crippen LogP contribution in [0, 0.1) is 11.8 Å². The monoisotopic (exact) mass is 286 g/mol. The van der Waals surface area contributed by atoms with E-state index in [9.17, 15) is 5.11 Å². The van der Waals surface area contributed by atoms with Crippen LogP contribution in [0.1, 0.15) is 19.3 Å². The van der Waals surface area contributed by atoms with Gasteiger partial charge in [-0.05, 0) is 48.3 Å². The van der Waals surface area contributed by atoms with Crippen molar-refractivity contribution in [3.05, 3.63) is 30.5 Å². The summed E-state index contributed by atoms with van der Waals surface area (Å²) >= 11 is 0. The number of aliphatic hydroxyl groups is 1. The van der Waals surface area contributed by atoms with Crippen LogP contribution in [-0.2, 0) is 0 Å². The summed E-state index contributed by atoms with van der Waals surface area (Å²) in [5.74, 6) is 2.71. The van der Waals surface area contributed by atoms with Gasteiger partial charge in [-0.2, -0.15) is 0 Å². The van der Waals surface area contributed by atoms with Crippen molar-refractivity contribution in [2.24, 2.45) is 11.8 Å². The van der Waals surface area contributed by atoms with E-state index >= 15 is 0 Å². The smallest absolute Gasteiger partial charge is 0.133 e. The molecule has 2 N–H and O–H groups in total. The van der Waals surface area contributed by atoms with Crippen molar-refractivity contribution in [2.75, 3.05) is 25.6 Å². The van der Waals surface area contributed by atoms with Gasteiger partial charge in [-0.3, -0.25) is 0 Å². The minimum atomic E-state index is 0.295. The Kier molecular flexibility index (Phi) is 4.25. The highest BCUT2D eigenvalue weighted by Gasteiger charge is 2.26. The van der Waals surface area contributed by atoms with E-state index in [1.807, 2.05) is 30.5 Å². The summed E-state index contributed by atoms with van der Waals surface area (Å²) < 4.78 is 5.30. The molecule has 3 rings (SSSR count). The Morgan fingerprint density at radius 3 is 2.95 bits per heavy atom. The fourth-order valence-electron chi connectivity index (χ4n) is 3.27. The molecule has 1 aliphatic carbocycles. The van der Waals surface area contributed by atoms with Gasteiger partial charge < -0.3 is 15.2 Å². The molecule has 0 amide bonds. The predicted molar refractivity (Wildman–Crippen MR) is 84.7 cm³/mol. The van der Waals surface area contributed by atoms with Crippen molar-refractivity contribution in [2.45, 2.75) is 19.3 Å². The molecule has 0 radical (unpaired) electrons. The number of nitrogens with one attached hydrogen (secondary N) is 1. The average Bonchev–Trinajstić information content (AvgIpc) is 2.99. The molecule has 2 unspecified atom stereocenters. The lowest BCUT2D eigenvalue weighted by Crippen LogP contribution is -2.21. The topological polar surface area (TPSA) is 54.4 Å². The van der Waals surface area contributed by atoms with Crippen LogP contribution < -0.4 is 10.1 Å². The summed E-state index contributed by atoms with van der Waals surface area (Å²) in [6, 6.07) is 8.03. The highest BCUT2D eigenvalue weighted by molar-refractivity contribution is 5.92. The number of benzene rings is 1. The van der Waals surface area contributed by atoms with Gasteiger partial charge >= 0.3 is 0 Å². The van der Waals surface area contributed by atoms with E-state index in [1.54, 1.807) is 7.11 Å². The van der Waals surface area contributed by atoms with Crippen LogP contribution in [0.15, 0.2) is 30.5 Å². The number of hydrogen-bond donors (Lipinski definition) is 2. The number of nitrogens with zero attached hydrogens (tertiary/aromatic N) is 1. The molecule has 1 fully saturated rings. The summed E-state index contributed by atoms with van der Waals surface area (Å²) in [5, 5.41) is 15.1. The summed E-state index contributed by atoms with van der Waals surface area (Å²) in [4.78, 5) is 4.46. The maximum atomic E-state index is 9.41. The first-order valence-corrected chi connectivity index (χ1v) is 7.59. The number of aromatic nitrogens is 1. The van der Waals surface area contributed by atoms with Crippen LogP contribution in [0.5, 0.6) is 5.75 Å². The standard InChI is InChI=1S/C17H22N2O2/c1-21-15-6-5-12-7-8-18-17(16(12)9-15)19-10-13-3-2-4-14(13)11-20/h5-9,13-14,20H,2-4,10-11H2,1H3,(H,18,19). The fourth-order valence-corrected chi connectivity index (χ4v) is 3.27. The van der Waals surface area contributed by atoms with E-state index < -0.39 is 0 Å². The fraction of sp³-hybridized carbons (Fsp3) is 0.471. The molecule has 1 saturated carbocycles. The number of anilines is 1. The molecule has 1 heterocycles. The van der Waals surface area contributed by atoms with Crippen molar-refractivity contribution in [3.8, 4) is 5.75 Å². The van der Waals surface area contributed by atoms with E-state index in [-0.39, 0.29) is 0 Å². The van der Waals surface area contributed by atoms with Gasteiger partial charge in [0.2, 0.25) is 0 Å². The van der Waals surface area contributed by atoms with Gasteiger partial charge in [0.15, 0.2) is 0 Å². The van der Waals surface area contributed by atoms with E-state index in [4.69, 9.17) is 4.74 Å². The largest absolute Gasteiger partial charge is 0.497 e. The van der Waals surface area contributed by atoms with Gasteiger partial charge in [0.05, 0.1) is 7.11 Å². The third kappa shape index (κ3) is 2.95. The first-order valence-electron chi connectivity index (χ1n) is 7.59. The molecule has 2 atom stereocenters. The molecule has 21 heavy (non-hydrogen) atoms. The molecular formula is C17H22N2O2. The zero-order valence-electron chi connectivity index (χ0n) is 12.4. The van der Waals surface area contributed by atoms with Gasteiger partial charge in [0.1, 0.15) is 11.6 Å². The predicted octanol–water partition coefficient (Wildman–Crippen LogP) is 3.06. The van der Waals surface area contributed by atoms with Crippen LogP contribution >= 0.6 is 0 Å². The normalized spacial score (nSPS) is 21.6.